The largest absolute Gasteiger partial charge is 0.391 e. The molecule has 0 fully saturated rings. The molecule has 4 heteroatoms. The predicted octanol–water partition coefficient (Wildman–Crippen LogP) is 2.45. The molecule has 0 saturated heterocycles. The maximum absolute atomic E-state index is 9.02. The van der Waals surface area contributed by atoms with Crippen molar-refractivity contribution in [1.82, 2.24) is 4.98 Å². The number of ether oxygens (including phenoxy) is 1. The number of rotatable bonds is 4. The first-order valence-electron chi connectivity index (χ1n) is 4.98. The molecule has 0 radical (unpaired) electrons. The van der Waals surface area contributed by atoms with Crippen LogP contribution in [0.3, 0.4) is 0 Å². The van der Waals surface area contributed by atoms with E-state index in [1.54, 1.807) is 13.3 Å². The normalized spacial score (nSPS) is 10.6. The number of hydrogen-bond donors (Lipinski definition) is 1. The van der Waals surface area contributed by atoms with E-state index in [1.807, 2.05) is 24.3 Å². The molecule has 0 spiro atoms. The van der Waals surface area contributed by atoms with Gasteiger partial charge in [-0.05, 0) is 5.56 Å². The molecular weight excluding hydrogens is 222 g/mol. The first-order valence-corrected chi connectivity index (χ1v) is 5.79. The summed E-state index contributed by atoms with van der Waals surface area (Å²) in [5.41, 5.74) is 2.19. The molecule has 84 valence electrons. The molecule has 1 aromatic carbocycles. The van der Waals surface area contributed by atoms with Crippen LogP contribution < -0.4 is 0 Å². The van der Waals surface area contributed by atoms with Crippen LogP contribution in [0.5, 0.6) is 0 Å². The minimum absolute atomic E-state index is 0.0457. The van der Waals surface area contributed by atoms with Gasteiger partial charge in [-0.1, -0.05) is 24.3 Å². The Hall–Kier alpha value is -1.23. The van der Waals surface area contributed by atoms with E-state index in [0.717, 1.165) is 21.0 Å². The van der Waals surface area contributed by atoms with Gasteiger partial charge in [0.1, 0.15) is 5.01 Å². The molecule has 2 rings (SSSR count). The average Bonchev–Trinajstić information content (AvgIpc) is 2.79. The number of methoxy groups -OCH3 is 1. The van der Waals surface area contributed by atoms with Crippen LogP contribution in [0.25, 0.3) is 10.6 Å². The molecule has 2 aromatic rings. The molecule has 16 heavy (non-hydrogen) atoms. The third-order valence-corrected chi connectivity index (χ3v) is 3.27. The van der Waals surface area contributed by atoms with Gasteiger partial charge < -0.3 is 9.84 Å². The molecule has 0 aliphatic rings. The Labute approximate surface area is 98.4 Å². The van der Waals surface area contributed by atoms with E-state index in [4.69, 9.17) is 9.84 Å². The van der Waals surface area contributed by atoms with Crippen molar-refractivity contribution in [3.05, 3.63) is 40.9 Å². The van der Waals surface area contributed by atoms with Gasteiger partial charge in [-0.25, -0.2) is 4.98 Å². The summed E-state index contributed by atoms with van der Waals surface area (Å²) in [6, 6.07) is 8.01. The summed E-state index contributed by atoms with van der Waals surface area (Å²) in [6.45, 7) is 0.619. The van der Waals surface area contributed by atoms with E-state index in [0.29, 0.717) is 6.61 Å². The molecular formula is C12H13NO2S. The van der Waals surface area contributed by atoms with Gasteiger partial charge in [0.2, 0.25) is 0 Å². The van der Waals surface area contributed by atoms with Crippen LogP contribution in [0.15, 0.2) is 30.5 Å². The molecule has 3 nitrogen and oxygen atoms in total. The number of aliphatic hydroxyl groups is 1. The average molecular weight is 235 g/mol. The minimum Gasteiger partial charge on any atom is -0.391 e. The van der Waals surface area contributed by atoms with Crippen LogP contribution in [0, 0.1) is 0 Å². The zero-order chi connectivity index (χ0) is 11.4. The first-order chi connectivity index (χ1) is 7.85. The maximum atomic E-state index is 9.02. The Morgan fingerprint density at radius 2 is 2.19 bits per heavy atom. The lowest BCUT2D eigenvalue weighted by Crippen LogP contribution is -1.90. The zero-order valence-electron chi connectivity index (χ0n) is 9.01. The smallest absolute Gasteiger partial charge is 0.123 e. The topological polar surface area (TPSA) is 42.4 Å². The Morgan fingerprint density at radius 3 is 2.88 bits per heavy atom. The molecule has 1 N–H and O–H groups in total. The Kier molecular flexibility index (Phi) is 3.66. The third-order valence-electron chi connectivity index (χ3n) is 2.26. The monoisotopic (exact) mass is 235 g/mol. The third kappa shape index (κ3) is 2.29. The minimum atomic E-state index is 0.0457. The van der Waals surface area contributed by atoms with Gasteiger partial charge in [0.25, 0.3) is 0 Å². The highest BCUT2D eigenvalue weighted by molar-refractivity contribution is 7.15. The Balaban J connectivity index is 2.38. The summed E-state index contributed by atoms with van der Waals surface area (Å²) >= 11 is 1.51. The van der Waals surface area contributed by atoms with Crippen molar-refractivity contribution >= 4 is 11.3 Å². The van der Waals surface area contributed by atoms with E-state index in [-0.39, 0.29) is 6.61 Å². The van der Waals surface area contributed by atoms with E-state index < -0.39 is 0 Å². The summed E-state index contributed by atoms with van der Waals surface area (Å²) in [7, 11) is 1.68. The SMILES string of the molecule is COCc1ccccc1-c1ncc(CO)s1. The fourth-order valence-corrected chi connectivity index (χ4v) is 2.35. The summed E-state index contributed by atoms with van der Waals surface area (Å²) in [5, 5.41) is 9.94. The molecule has 0 aliphatic carbocycles. The summed E-state index contributed by atoms with van der Waals surface area (Å²) in [4.78, 5) is 5.18. The van der Waals surface area contributed by atoms with Gasteiger partial charge in [-0.15, -0.1) is 11.3 Å². The highest BCUT2D eigenvalue weighted by Gasteiger charge is 2.08. The quantitative estimate of drug-likeness (QED) is 0.885. The van der Waals surface area contributed by atoms with Crippen LogP contribution in [0.2, 0.25) is 0 Å². The highest BCUT2D eigenvalue weighted by atomic mass is 32.1. The van der Waals surface area contributed by atoms with Crippen molar-refractivity contribution in [3.63, 3.8) is 0 Å². The second-order valence-electron chi connectivity index (χ2n) is 3.38. The summed E-state index contributed by atoms with van der Waals surface area (Å²) in [6.07, 6.45) is 1.71. The van der Waals surface area contributed by atoms with Crippen molar-refractivity contribution < 1.29 is 9.84 Å². The molecule has 0 aliphatic heterocycles. The fourth-order valence-electron chi connectivity index (χ4n) is 1.52. The Morgan fingerprint density at radius 1 is 1.38 bits per heavy atom. The summed E-state index contributed by atoms with van der Waals surface area (Å²) < 4.78 is 5.15. The number of benzene rings is 1. The van der Waals surface area contributed by atoms with Gasteiger partial charge >= 0.3 is 0 Å². The molecule has 1 heterocycles. The molecule has 0 atom stereocenters. The lowest BCUT2D eigenvalue weighted by molar-refractivity contribution is 0.185. The van der Waals surface area contributed by atoms with Crippen molar-refractivity contribution in [3.8, 4) is 10.6 Å². The van der Waals surface area contributed by atoms with Crippen molar-refractivity contribution in [1.29, 1.82) is 0 Å². The van der Waals surface area contributed by atoms with Crippen LogP contribution >= 0.6 is 11.3 Å². The summed E-state index contributed by atoms with van der Waals surface area (Å²) in [5.74, 6) is 0. The first kappa shape index (κ1) is 11.3. The zero-order valence-corrected chi connectivity index (χ0v) is 9.83. The number of hydrogen-bond acceptors (Lipinski definition) is 4. The fraction of sp³-hybridized carbons (Fsp3) is 0.250. The van der Waals surface area contributed by atoms with Gasteiger partial charge in [0.15, 0.2) is 0 Å². The molecule has 0 saturated carbocycles. The van der Waals surface area contributed by atoms with Crippen LogP contribution in [0.4, 0.5) is 0 Å². The van der Waals surface area contributed by atoms with E-state index in [2.05, 4.69) is 4.98 Å². The number of nitrogens with zero attached hydrogens (tertiary/aromatic N) is 1. The second kappa shape index (κ2) is 5.21. The maximum Gasteiger partial charge on any atom is 0.123 e. The number of aliphatic hydroxyl groups excluding tert-OH is 1. The van der Waals surface area contributed by atoms with Crippen LogP contribution in [-0.4, -0.2) is 17.2 Å². The van der Waals surface area contributed by atoms with Gasteiger partial charge in [0.05, 0.1) is 18.1 Å². The van der Waals surface area contributed by atoms with E-state index in [1.165, 1.54) is 11.3 Å². The van der Waals surface area contributed by atoms with Crippen molar-refractivity contribution in [2.24, 2.45) is 0 Å². The number of aromatic nitrogens is 1. The molecule has 0 amide bonds. The van der Waals surface area contributed by atoms with Crippen LogP contribution in [0.1, 0.15) is 10.4 Å². The second-order valence-corrected chi connectivity index (χ2v) is 4.50. The van der Waals surface area contributed by atoms with E-state index in [9.17, 15) is 0 Å². The number of thiazole rings is 1. The van der Waals surface area contributed by atoms with E-state index >= 15 is 0 Å². The lowest BCUT2D eigenvalue weighted by atomic mass is 10.1. The Bertz CT molecular complexity index is 468. The predicted molar refractivity (Wildman–Crippen MR) is 64.2 cm³/mol. The molecule has 0 bridgehead atoms. The van der Waals surface area contributed by atoms with Crippen LogP contribution in [-0.2, 0) is 18.0 Å². The molecule has 1 aromatic heterocycles. The highest BCUT2D eigenvalue weighted by Crippen LogP contribution is 2.28. The van der Waals surface area contributed by atoms with Gasteiger partial charge in [-0.2, -0.15) is 0 Å². The molecule has 0 unspecified atom stereocenters. The van der Waals surface area contributed by atoms with Crippen molar-refractivity contribution in [2.45, 2.75) is 13.2 Å². The standard InChI is InChI=1S/C12H13NO2S/c1-15-8-9-4-2-3-5-11(9)12-13-6-10(7-14)16-12/h2-6,14H,7-8H2,1H3. The van der Waals surface area contributed by atoms with Gasteiger partial charge in [0, 0.05) is 18.9 Å². The van der Waals surface area contributed by atoms with Gasteiger partial charge in [-0.3, -0.25) is 0 Å². The van der Waals surface area contributed by atoms with Crippen molar-refractivity contribution in [2.75, 3.05) is 7.11 Å². The lowest BCUT2D eigenvalue weighted by Gasteiger charge is -2.05.